The molecule has 1 aliphatic rings. The minimum atomic E-state index is -0.251. The van der Waals surface area contributed by atoms with Crippen molar-refractivity contribution in [3.63, 3.8) is 0 Å². The Balaban J connectivity index is 1.44. The second-order valence-corrected chi connectivity index (χ2v) is 7.75. The number of aromatic nitrogens is 3. The van der Waals surface area contributed by atoms with Gasteiger partial charge >= 0.3 is 0 Å². The van der Waals surface area contributed by atoms with Crippen LogP contribution in [0.2, 0.25) is 0 Å². The number of fused-ring (bicyclic) bond motifs is 1. The van der Waals surface area contributed by atoms with Crippen molar-refractivity contribution < 1.29 is 9.21 Å². The topological polar surface area (TPSA) is 76.2 Å². The summed E-state index contributed by atoms with van der Waals surface area (Å²) in [5.74, 6) is 1.81. The average molecular weight is 393 g/mol. The van der Waals surface area contributed by atoms with Gasteiger partial charge < -0.3 is 14.3 Å². The van der Waals surface area contributed by atoms with E-state index in [0.717, 1.165) is 44.2 Å². The molecule has 0 bridgehead atoms. The van der Waals surface area contributed by atoms with Gasteiger partial charge in [-0.15, -0.1) is 10.2 Å². The van der Waals surface area contributed by atoms with Gasteiger partial charge in [0.15, 0.2) is 11.6 Å². The van der Waals surface area contributed by atoms with Crippen LogP contribution in [-0.4, -0.2) is 38.7 Å². The molecule has 7 nitrogen and oxygen atoms in total. The first-order valence-corrected chi connectivity index (χ1v) is 10.1. The lowest BCUT2D eigenvalue weighted by Gasteiger charge is -2.21. The van der Waals surface area contributed by atoms with E-state index in [1.807, 2.05) is 6.92 Å². The number of amides is 1. The largest absolute Gasteiger partial charge is 0.459 e. The van der Waals surface area contributed by atoms with Crippen molar-refractivity contribution in [2.24, 2.45) is 0 Å². The number of hydrogen-bond acceptors (Lipinski definition) is 5. The van der Waals surface area contributed by atoms with Gasteiger partial charge in [-0.3, -0.25) is 9.69 Å². The Morgan fingerprint density at radius 2 is 2.07 bits per heavy atom. The smallest absolute Gasteiger partial charge is 0.287 e. The summed E-state index contributed by atoms with van der Waals surface area (Å²) < 4.78 is 7.32. The number of aryl methyl sites for hydroxylation is 2. The highest BCUT2D eigenvalue weighted by Crippen LogP contribution is 2.19. The monoisotopic (exact) mass is 393 g/mol. The van der Waals surface area contributed by atoms with Gasteiger partial charge in [0.05, 0.1) is 12.3 Å². The number of rotatable bonds is 5. The fraction of sp³-hybridized carbons (Fsp3) is 0.409. The molecule has 0 saturated carbocycles. The molecule has 0 aliphatic carbocycles. The lowest BCUT2D eigenvalue weighted by molar-refractivity contribution is 0.0909. The Morgan fingerprint density at radius 3 is 2.86 bits per heavy atom. The first-order chi connectivity index (χ1) is 14.0. The fourth-order valence-electron chi connectivity index (χ4n) is 3.82. The molecular weight excluding hydrogens is 366 g/mol. The number of carbonyl (C=O) groups is 1. The predicted octanol–water partition coefficient (Wildman–Crippen LogP) is 3.04. The summed E-state index contributed by atoms with van der Waals surface area (Å²) in [6.45, 7) is 9.84. The number of carbonyl (C=O) groups excluding carboxylic acids is 1. The summed E-state index contributed by atoms with van der Waals surface area (Å²) in [6, 6.07) is 9.73. The first-order valence-electron chi connectivity index (χ1n) is 10.1. The van der Waals surface area contributed by atoms with Crippen LogP contribution in [0, 0.1) is 13.8 Å². The molecular formula is C22H27N5O2. The van der Waals surface area contributed by atoms with Crippen molar-refractivity contribution in [3.8, 4) is 0 Å². The van der Waals surface area contributed by atoms with Gasteiger partial charge in [0, 0.05) is 32.6 Å². The first kappa shape index (κ1) is 19.4. The van der Waals surface area contributed by atoms with Crippen LogP contribution in [0.3, 0.4) is 0 Å². The zero-order chi connectivity index (χ0) is 20.4. The van der Waals surface area contributed by atoms with Crippen LogP contribution in [0.1, 0.15) is 51.9 Å². The summed E-state index contributed by atoms with van der Waals surface area (Å²) in [4.78, 5) is 14.8. The van der Waals surface area contributed by atoms with E-state index in [1.165, 1.54) is 23.0 Å². The Bertz CT molecular complexity index is 993. The molecule has 0 radical (unpaired) electrons. The van der Waals surface area contributed by atoms with Crippen LogP contribution in [0.15, 0.2) is 41.0 Å². The number of nitrogens with one attached hydrogen (secondary N) is 1. The molecule has 0 saturated heterocycles. The molecule has 2 aromatic heterocycles. The number of nitrogens with zero attached hydrogens (tertiary/aromatic N) is 4. The van der Waals surface area contributed by atoms with Crippen LogP contribution in [0.4, 0.5) is 0 Å². The van der Waals surface area contributed by atoms with E-state index in [0.29, 0.717) is 5.76 Å². The molecule has 1 aromatic carbocycles. The molecule has 7 heteroatoms. The van der Waals surface area contributed by atoms with E-state index < -0.39 is 0 Å². The van der Waals surface area contributed by atoms with Crippen molar-refractivity contribution in [1.29, 1.82) is 0 Å². The molecule has 152 valence electrons. The van der Waals surface area contributed by atoms with Crippen LogP contribution in [-0.2, 0) is 19.5 Å². The summed E-state index contributed by atoms with van der Waals surface area (Å²) >= 11 is 0. The SMILES string of the molecule is Cc1ccc(C)c(CN2CCc3nnc(C(C)NC(=O)c4ccco4)n3CC2)c1. The van der Waals surface area contributed by atoms with Gasteiger partial charge in [-0.05, 0) is 44.0 Å². The predicted molar refractivity (Wildman–Crippen MR) is 110 cm³/mol. The zero-order valence-electron chi connectivity index (χ0n) is 17.2. The van der Waals surface area contributed by atoms with Gasteiger partial charge in [-0.25, -0.2) is 0 Å². The molecule has 4 rings (SSSR count). The van der Waals surface area contributed by atoms with E-state index in [1.54, 1.807) is 12.1 Å². The molecule has 1 aliphatic heterocycles. The molecule has 29 heavy (non-hydrogen) atoms. The molecule has 1 N–H and O–H groups in total. The van der Waals surface area contributed by atoms with Crippen molar-refractivity contribution in [2.45, 2.75) is 46.3 Å². The zero-order valence-corrected chi connectivity index (χ0v) is 17.2. The van der Waals surface area contributed by atoms with Crippen LogP contribution >= 0.6 is 0 Å². The van der Waals surface area contributed by atoms with Crippen molar-refractivity contribution in [3.05, 3.63) is 70.7 Å². The third-order valence-electron chi connectivity index (χ3n) is 5.53. The Hall–Kier alpha value is -2.93. The number of hydrogen-bond donors (Lipinski definition) is 1. The highest BCUT2D eigenvalue weighted by molar-refractivity contribution is 5.91. The normalized spacial score (nSPS) is 15.6. The lowest BCUT2D eigenvalue weighted by atomic mass is 10.1. The molecule has 3 aromatic rings. The van der Waals surface area contributed by atoms with Gasteiger partial charge in [-0.1, -0.05) is 23.8 Å². The van der Waals surface area contributed by atoms with E-state index in [4.69, 9.17) is 4.42 Å². The van der Waals surface area contributed by atoms with Gasteiger partial charge in [0.25, 0.3) is 5.91 Å². The minimum Gasteiger partial charge on any atom is -0.459 e. The maximum absolute atomic E-state index is 12.3. The van der Waals surface area contributed by atoms with Crippen LogP contribution in [0.25, 0.3) is 0 Å². The second-order valence-electron chi connectivity index (χ2n) is 7.75. The Labute approximate surface area is 170 Å². The van der Waals surface area contributed by atoms with E-state index >= 15 is 0 Å². The van der Waals surface area contributed by atoms with E-state index in [-0.39, 0.29) is 11.9 Å². The summed E-state index contributed by atoms with van der Waals surface area (Å²) in [6.07, 6.45) is 2.34. The average Bonchev–Trinajstić information content (AvgIpc) is 3.33. The highest BCUT2D eigenvalue weighted by Gasteiger charge is 2.23. The van der Waals surface area contributed by atoms with Gasteiger partial charge in [-0.2, -0.15) is 0 Å². The third-order valence-corrected chi connectivity index (χ3v) is 5.53. The molecule has 0 spiro atoms. The number of furan rings is 1. The molecule has 1 amide bonds. The Morgan fingerprint density at radius 1 is 1.21 bits per heavy atom. The molecule has 1 atom stereocenters. The maximum Gasteiger partial charge on any atom is 0.287 e. The second kappa shape index (κ2) is 8.21. The van der Waals surface area contributed by atoms with Crippen molar-refractivity contribution >= 4 is 5.91 Å². The summed E-state index contributed by atoms with van der Waals surface area (Å²) in [5.41, 5.74) is 4.00. The molecule has 3 heterocycles. The van der Waals surface area contributed by atoms with Crippen LogP contribution < -0.4 is 5.32 Å². The molecule has 0 fully saturated rings. The maximum atomic E-state index is 12.3. The third kappa shape index (κ3) is 4.24. The quantitative estimate of drug-likeness (QED) is 0.721. The van der Waals surface area contributed by atoms with E-state index in [9.17, 15) is 4.79 Å². The Kier molecular flexibility index (Phi) is 5.49. The van der Waals surface area contributed by atoms with Crippen LogP contribution in [0.5, 0.6) is 0 Å². The van der Waals surface area contributed by atoms with Crippen molar-refractivity contribution in [2.75, 3.05) is 13.1 Å². The minimum absolute atomic E-state index is 0.245. The fourth-order valence-corrected chi connectivity index (χ4v) is 3.82. The van der Waals surface area contributed by atoms with E-state index in [2.05, 4.69) is 57.0 Å². The van der Waals surface area contributed by atoms with Gasteiger partial charge in [0.2, 0.25) is 0 Å². The summed E-state index contributed by atoms with van der Waals surface area (Å²) in [7, 11) is 0. The van der Waals surface area contributed by atoms with Crippen molar-refractivity contribution in [1.82, 2.24) is 25.0 Å². The summed E-state index contributed by atoms with van der Waals surface area (Å²) in [5, 5.41) is 11.7. The lowest BCUT2D eigenvalue weighted by Crippen LogP contribution is -2.30. The highest BCUT2D eigenvalue weighted by atomic mass is 16.3. The number of benzene rings is 1. The molecule has 1 unspecified atom stereocenters. The van der Waals surface area contributed by atoms with Gasteiger partial charge in [0.1, 0.15) is 5.82 Å². The standard InChI is InChI=1S/C22H27N5O2/c1-15-6-7-16(2)18(13-15)14-26-9-8-20-24-25-21(27(20)11-10-26)17(3)23-22(28)19-5-4-12-29-19/h4-7,12-13,17H,8-11,14H2,1-3H3,(H,23,28).